The topological polar surface area (TPSA) is 82.5 Å². The van der Waals surface area contributed by atoms with Crippen LogP contribution in [0.4, 0.5) is 0 Å². The van der Waals surface area contributed by atoms with E-state index in [-0.39, 0.29) is 28.9 Å². The second kappa shape index (κ2) is 5.71. The maximum absolute atomic E-state index is 11.9. The normalized spacial score (nSPS) is 12.1. The minimum atomic E-state index is -0.338. The summed E-state index contributed by atoms with van der Waals surface area (Å²) in [4.78, 5) is 16.1. The van der Waals surface area contributed by atoms with Crippen LogP contribution in [0.1, 0.15) is 28.2 Å². The summed E-state index contributed by atoms with van der Waals surface area (Å²) in [5, 5.41) is 24.2. The molecule has 0 aliphatic heterocycles. The average Bonchev–Trinajstić information content (AvgIpc) is 2.88. The molecule has 6 heteroatoms. The van der Waals surface area contributed by atoms with Crippen molar-refractivity contribution < 1.29 is 15.0 Å². The fourth-order valence-corrected chi connectivity index (χ4v) is 2.34. The third-order valence-corrected chi connectivity index (χ3v) is 3.61. The number of aromatic nitrogens is 1. The molecule has 2 aromatic rings. The van der Waals surface area contributed by atoms with E-state index < -0.39 is 0 Å². The van der Waals surface area contributed by atoms with Gasteiger partial charge in [-0.1, -0.05) is 6.92 Å². The van der Waals surface area contributed by atoms with Gasteiger partial charge in [-0.15, -0.1) is 11.3 Å². The number of hydrogen-bond acceptors (Lipinski definition) is 5. The zero-order valence-electron chi connectivity index (χ0n) is 10.3. The van der Waals surface area contributed by atoms with Gasteiger partial charge in [0.15, 0.2) is 0 Å². The molecule has 0 bridgehead atoms. The van der Waals surface area contributed by atoms with E-state index in [4.69, 9.17) is 0 Å². The molecule has 0 saturated carbocycles. The van der Waals surface area contributed by atoms with Crippen LogP contribution in [-0.2, 0) is 0 Å². The highest BCUT2D eigenvalue weighted by Crippen LogP contribution is 2.21. The van der Waals surface area contributed by atoms with E-state index in [1.165, 1.54) is 18.2 Å². The Morgan fingerprint density at radius 3 is 2.63 bits per heavy atom. The van der Waals surface area contributed by atoms with Gasteiger partial charge in [-0.05, 0) is 12.1 Å². The first-order valence-corrected chi connectivity index (χ1v) is 6.65. The summed E-state index contributed by atoms with van der Waals surface area (Å²) in [6.07, 6.45) is 1.73. The Morgan fingerprint density at radius 2 is 2.05 bits per heavy atom. The van der Waals surface area contributed by atoms with Crippen molar-refractivity contribution in [2.45, 2.75) is 12.8 Å². The molecule has 0 aliphatic rings. The number of nitrogens with zero attached hydrogens (tertiary/aromatic N) is 1. The van der Waals surface area contributed by atoms with Crippen molar-refractivity contribution >= 4 is 17.2 Å². The molecule has 1 aromatic heterocycles. The van der Waals surface area contributed by atoms with Crippen LogP contribution in [0.15, 0.2) is 29.8 Å². The van der Waals surface area contributed by atoms with Gasteiger partial charge in [0.1, 0.15) is 11.5 Å². The van der Waals surface area contributed by atoms with Gasteiger partial charge in [-0.25, -0.2) is 4.98 Å². The monoisotopic (exact) mass is 278 g/mol. The van der Waals surface area contributed by atoms with Crippen LogP contribution in [0.25, 0.3) is 0 Å². The van der Waals surface area contributed by atoms with Gasteiger partial charge in [0, 0.05) is 35.7 Å². The van der Waals surface area contributed by atoms with E-state index in [0.717, 1.165) is 5.01 Å². The van der Waals surface area contributed by atoms with Crippen LogP contribution in [0.3, 0.4) is 0 Å². The molecule has 100 valence electrons. The second-order valence-corrected chi connectivity index (χ2v) is 5.15. The number of nitrogens with one attached hydrogen (secondary N) is 1. The third kappa shape index (κ3) is 3.45. The summed E-state index contributed by atoms with van der Waals surface area (Å²) < 4.78 is 0. The quantitative estimate of drug-likeness (QED) is 0.799. The average molecular weight is 278 g/mol. The number of benzene rings is 1. The second-order valence-electron chi connectivity index (χ2n) is 4.22. The van der Waals surface area contributed by atoms with Crippen molar-refractivity contribution in [3.8, 4) is 11.5 Å². The van der Waals surface area contributed by atoms with Crippen molar-refractivity contribution in [1.29, 1.82) is 0 Å². The molecule has 0 spiro atoms. The van der Waals surface area contributed by atoms with E-state index in [0.29, 0.717) is 6.54 Å². The molecular formula is C13H14N2O3S. The standard InChI is InChI=1S/C13H14N2O3S/c1-8(13-14-2-3-19-13)7-15-12(18)9-4-10(16)6-11(17)5-9/h2-6,8,16-17H,7H2,1H3,(H,15,18). The first kappa shape index (κ1) is 13.4. The molecule has 1 amide bonds. The SMILES string of the molecule is CC(CNC(=O)c1cc(O)cc(O)c1)c1nccs1. The minimum absolute atomic E-state index is 0.120. The van der Waals surface area contributed by atoms with Crippen LogP contribution >= 0.6 is 11.3 Å². The number of rotatable bonds is 4. The summed E-state index contributed by atoms with van der Waals surface area (Å²) in [7, 11) is 0. The van der Waals surface area contributed by atoms with E-state index in [1.54, 1.807) is 17.5 Å². The summed E-state index contributed by atoms with van der Waals surface area (Å²) >= 11 is 1.54. The van der Waals surface area contributed by atoms with Gasteiger partial charge in [0.05, 0.1) is 5.01 Å². The molecule has 0 saturated heterocycles. The first-order valence-electron chi connectivity index (χ1n) is 5.77. The maximum atomic E-state index is 11.9. The number of amides is 1. The van der Waals surface area contributed by atoms with Gasteiger partial charge in [-0.3, -0.25) is 4.79 Å². The van der Waals surface area contributed by atoms with Crippen molar-refractivity contribution in [1.82, 2.24) is 10.3 Å². The van der Waals surface area contributed by atoms with Crippen LogP contribution in [0, 0.1) is 0 Å². The number of aromatic hydroxyl groups is 2. The Balaban J connectivity index is 1.98. The first-order chi connectivity index (χ1) is 9.06. The molecule has 1 atom stereocenters. The van der Waals surface area contributed by atoms with Crippen molar-refractivity contribution in [3.05, 3.63) is 40.3 Å². The zero-order chi connectivity index (χ0) is 13.8. The highest BCUT2D eigenvalue weighted by Gasteiger charge is 2.12. The molecular weight excluding hydrogens is 264 g/mol. The van der Waals surface area contributed by atoms with Crippen molar-refractivity contribution in [2.24, 2.45) is 0 Å². The lowest BCUT2D eigenvalue weighted by Gasteiger charge is -2.10. The molecule has 1 unspecified atom stereocenters. The van der Waals surface area contributed by atoms with Gasteiger partial charge >= 0.3 is 0 Å². The number of hydrogen-bond donors (Lipinski definition) is 3. The molecule has 0 fully saturated rings. The molecule has 1 aromatic carbocycles. The summed E-state index contributed by atoms with van der Waals surface area (Å²) in [5.74, 6) is -0.499. The number of phenols is 2. The Kier molecular flexibility index (Phi) is 4.01. The largest absolute Gasteiger partial charge is 0.508 e. The van der Waals surface area contributed by atoms with Gasteiger partial charge < -0.3 is 15.5 Å². The van der Waals surface area contributed by atoms with Crippen LogP contribution < -0.4 is 5.32 Å². The highest BCUT2D eigenvalue weighted by atomic mass is 32.1. The van der Waals surface area contributed by atoms with Crippen LogP contribution in [0.5, 0.6) is 11.5 Å². The van der Waals surface area contributed by atoms with E-state index >= 15 is 0 Å². The number of thiazole rings is 1. The fraction of sp³-hybridized carbons (Fsp3) is 0.231. The molecule has 0 radical (unpaired) electrons. The summed E-state index contributed by atoms with van der Waals surface area (Å²) in [6.45, 7) is 2.42. The molecule has 0 aliphatic carbocycles. The van der Waals surface area contributed by atoms with Gasteiger partial charge in [0.25, 0.3) is 5.91 Å². The van der Waals surface area contributed by atoms with E-state index in [9.17, 15) is 15.0 Å². The lowest BCUT2D eigenvalue weighted by molar-refractivity contribution is 0.0951. The highest BCUT2D eigenvalue weighted by molar-refractivity contribution is 7.09. The number of carbonyl (C=O) groups excluding carboxylic acids is 1. The number of phenolic OH excluding ortho intramolecular Hbond substituents is 2. The van der Waals surface area contributed by atoms with Crippen molar-refractivity contribution in [2.75, 3.05) is 6.54 Å². The predicted molar refractivity (Wildman–Crippen MR) is 72.6 cm³/mol. The Bertz CT molecular complexity index is 549. The Labute approximate surface area is 114 Å². The zero-order valence-corrected chi connectivity index (χ0v) is 11.1. The van der Waals surface area contributed by atoms with Crippen LogP contribution in [-0.4, -0.2) is 27.6 Å². The molecule has 2 rings (SSSR count). The van der Waals surface area contributed by atoms with Gasteiger partial charge in [0.2, 0.25) is 0 Å². The predicted octanol–water partition coefficient (Wildman–Crippen LogP) is 2.09. The minimum Gasteiger partial charge on any atom is -0.508 e. The third-order valence-electron chi connectivity index (χ3n) is 2.61. The molecule has 19 heavy (non-hydrogen) atoms. The van der Waals surface area contributed by atoms with E-state index in [1.807, 2.05) is 12.3 Å². The Hall–Kier alpha value is -2.08. The van der Waals surface area contributed by atoms with Crippen molar-refractivity contribution in [3.63, 3.8) is 0 Å². The molecule has 1 heterocycles. The molecule has 5 nitrogen and oxygen atoms in total. The number of carbonyl (C=O) groups is 1. The maximum Gasteiger partial charge on any atom is 0.251 e. The summed E-state index contributed by atoms with van der Waals surface area (Å²) in [6, 6.07) is 3.79. The molecule has 3 N–H and O–H groups in total. The van der Waals surface area contributed by atoms with E-state index in [2.05, 4.69) is 10.3 Å². The smallest absolute Gasteiger partial charge is 0.251 e. The Morgan fingerprint density at radius 1 is 1.37 bits per heavy atom. The fourth-order valence-electron chi connectivity index (χ4n) is 1.64. The lowest BCUT2D eigenvalue weighted by Crippen LogP contribution is -2.27. The van der Waals surface area contributed by atoms with Crippen LogP contribution in [0.2, 0.25) is 0 Å². The lowest BCUT2D eigenvalue weighted by atomic mass is 10.1. The van der Waals surface area contributed by atoms with Gasteiger partial charge in [-0.2, -0.15) is 0 Å². The summed E-state index contributed by atoms with van der Waals surface area (Å²) in [5.41, 5.74) is 0.226.